The summed E-state index contributed by atoms with van der Waals surface area (Å²) < 4.78 is 34.4. The van der Waals surface area contributed by atoms with E-state index >= 15 is 0 Å². The van der Waals surface area contributed by atoms with Crippen LogP contribution in [0.1, 0.15) is 322 Å². The first kappa shape index (κ1) is 85.8. The normalized spacial score (nSPS) is 27.5. The van der Waals surface area contributed by atoms with Crippen LogP contribution in [-0.2, 0) is 33.2 Å². The average molecular weight is 1330 g/mol. The van der Waals surface area contributed by atoms with Crippen molar-refractivity contribution in [1.29, 1.82) is 0 Å². The number of aliphatic hydroxyl groups is 11. The maximum atomic E-state index is 13.4. The van der Waals surface area contributed by atoms with Crippen LogP contribution in [0, 0.1) is 0 Å². The van der Waals surface area contributed by atoms with Gasteiger partial charge in [0.05, 0.1) is 38.6 Å². The third-order valence-electron chi connectivity index (χ3n) is 19.6. The monoisotopic (exact) mass is 1330 g/mol. The Bertz CT molecular complexity index is 1730. The number of hydrogen-bond acceptors (Lipinski definition) is 18. The molecular formula is C74H141NO18. The van der Waals surface area contributed by atoms with Gasteiger partial charge in [-0.1, -0.05) is 309 Å². The van der Waals surface area contributed by atoms with E-state index in [0.717, 1.165) is 44.9 Å². The topological polar surface area (TPSA) is 307 Å². The number of carbonyl (C=O) groups excluding carboxylic acids is 1. The second kappa shape index (κ2) is 56.3. The molecule has 0 aromatic heterocycles. The highest BCUT2D eigenvalue weighted by Crippen LogP contribution is 2.33. The first-order valence-electron chi connectivity index (χ1n) is 38.4. The lowest BCUT2D eigenvalue weighted by Crippen LogP contribution is -2.66. The van der Waals surface area contributed by atoms with E-state index in [2.05, 4.69) is 19.2 Å². The van der Waals surface area contributed by atoms with Crippen LogP contribution in [0.2, 0.25) is 0 Å². The molecule has 93 heavy (non-hydrogen) atoms. The maximum Gasteiger partial charge on any atom is 0.220 e. The highest BCUT2D eigenvalue weighted by molar-refractivity contribution is 5.76. The standard InChI is InChI=1S/C74H141NO18/c1-3-5-7-9-11-13-15-17-19-21-23-24-25-26-27-28-29-30-31-32-33-34-36-38-40-42-44-46-48-50-52-62(80)75-57(58(79)51-49-47-45-43-41-39-37-35-22-20-18-16-14-12-10-8-6-4-2)56-88-72-68(86)65(83)70(60(54-77)90-72)93-74-69(87)66(84)71(61(55-78)91-74)92-73-67(85)64(82)63(81)59(53-76)89-73/h49,51,57-61,63-74,76-79,81-87H,3-48,50,52-56H2,1-2H3,(H,75,80)/b51-49+. The van der Waals surface area contributed by atoms with Crippen molar-refractivity contribution in [3.8, 4) is 0 Å². The van der Waals surface area contributed by atoms with Crippen LogP contribution in [0.25, 0.3) is 0 Å². The molecule has 0 aromatic rings. The minimum Gasteiger partial charge on any atom is -0.394 e. The second-order valence-corrected chi connectivity index (χ2v) is 27.8. The predicted molar refractivity (Wildman–Crippen MR) is 365 cm³/mol. The molecule has 0 radical (unpaired) electrons. The van der Waals surface area contributed by atoms with Crippen molar-refractivity contribution in [2.24, 2.45) is 0 Å². The lowest BCUT2D eigenvalue weighted by molar-refractivity contribution is -0.379. The van der Waals surface area contributed by atoms with Crippen LogP contribution >= 0.6 is 0 Å². The van der Waals surface area contributed by atoms with Gasteiger partial charge in [0.25, 0.3) is 0 Å². The van der Waals surface area contributed by atoms with Gasteiger partial charge in [0, 0.05) is 6.42 Å². The van der Waals surface area contributed by atoms with Crippen LogP contribution in [0.3, 0.4) is 0 Å². The molecule has 3 aliphatic heterocycles. The van der Waals surface area contributed by atoms with Gasteiger partial charge in [-0.15, -0.1) is 0 Å². The summed E-state index contributed by atoms with van der Waals surface area (Å²) in [6.07, 6.45) is 37.7. The zero-order valence-corrected chi connectivity index (χ0v) is 58.5. The highest BCUT2D eigenvalue weighted by atomic mass is 16.8. The molecule has 0 saturated carbocycles. The van der Waals surface area contributed by atoms with Crippen molar-refractivity contribution >= 4 is 5.91 Å². The Balaban J connectivity index is 1.37. The Morgan fingerprint density at radius 2 is 0.667 bits per heavy atom. The minimum atomic E-state index is -1.98. The number of amides is 1. The zero-order valence-electron chi connectivity index (χ0n) is 58.5. The predicted octanol–water partition coefficient (Wildman–Crippen LogP) is 11.6. The summed E-state index contributed by atoms with van der Waals surface area (Å²) in [5, 5.41) is 121. The summed E-state index contributed by atoms with van der Waals surface area (Å²) in [7, 11) is 0. The second-order valence-electron chi connectivity index (χ2n) is 27.8. The fourth-order valence-corrected chi connectivity index (χ4v) is 13.4. The van der Waals surface area contributed by atoms with Gasteiger partial charge in [0.15, 0.2) is 18.9 Å². The molecule has 3 rings (SSSR count). The van der Waals surface area contributed by atoms with E-state index in [-0.39, 0.29) is 18.9 Å². The molecule has 19 nitrogen and oxygen atoms in total. The molecular weight excluding hydrogens is 1190 g/mol. The summed E-state index contributed by atoms with van der Waals surface area (Å²) in [6.45, 7) is 1.79. The van der Waals surface area contributed by atoms with Crippen molar-refractivity contribution in [3.63, 3.8) is 0 Å². The van der Waals surface area contributed by atoms with Gasteiger partial charge in [-0.05, 0) is 19.3 Å². The number of rotatable bonds is 61. The Hall–Kier alpha value is -1.47. The molecule has 3 fully saturated rings. The smallest absolute Gasteiger partial charge is 0.220 e. The summed E-state index contributed by atoms with van der Waals surface area (Å²) in [6, 6.07) is -0.969. The van der Waals surface area contributed by atoms with Crippen LogP contribution < -0.4 is 5.32 Å². The van der Waals surface area contributed by atoms with Gasteiger partial charge in [-0.2, -0.15) is 0 Å². The lowest BCUT2D eigenvalue weighted by atomic mass is 9.96. The quantitative estimate of drug-likeness (QED) is 0.0199. The van der Waals surface area contributed by atoms with Crippen molar-refractivity contribution in [3.05, 3.63) is 12.2 Å². The summed E-state index contributed by atoms with van der Waals surface area (Å²) in [4.78, 5) is 13.4. The number of hydrogen-bond donors (Lipinski definition) is 12. The lowest BCUT2D eigenvalue weighted by Gasteiger charge is -2.48. The third kappa shape index (κ3) is 37.5. The Morgan fingerprint density at radius 1 is 0.376 bits per heavy atom. The minimum absolute atomic E-state index is 0.250. The molecule has 17 unspecified atom stereocenters. The molecule has 0 bridgehead atoms. The molecule has 3 heterocycles. The van der Waals surface area contributed by atoms with Crippen molar-refractivity contribution in [1.82, 2.24) is 5.32 Å². The molecule has 550 valence electrons. The number of ether oxygens (including phenoxy) is 6. The summed E-state index contributed by atoms with van der Waals surface area (Å²) in [5.41, 5.74) is 0. The van der Waals surface area contributed by atoms with Gasteiger partial charge in [-0.3, -0.25) is 4.79 Å². The molecule has 1 amide bonds. The largest absolute Gasteiger partial charge is 0.394 e. The van der Waals surface area contributed by atoms with Crippen LogP contribution in [0.15, 0.2) is 12.2 Å². The highest BCUT2D eigenvalue weighted by Gasteiger charge is 2.53. The maximum absolute atomic E-state index is 13.4. The molecule has 0 spiro atoms. The molecule has 17 atom stereocenters. The Kier molecular flexibility index (Phi) is 51.9. The summed E-state index contributed by atoms with van der Waals surface area (Å²) >= 11 is 0. The Labute approximate surface area is 563 Å². The van der Waals surface area contributed by atoms with E-state index in [4.69, 9.17) is 28.4 Å². The number of nitrogens with one attached hydrogen (secondary N) is 1. The fourth-order valence-electron chi connectivity index (χ4n) is 13.4. The molecule has 0 aliphatic carbocycles. The van der Waals surface area contributed by atoms with E-state index in [9.17, 15) is 61.0 Å². The van der Waals surface area contributed by atoms with Gasteiger partial charge in [-0.25, -0.2) is 0 Å². The third-order valence-corrected chi connectivity index (χ3v) is 19.6. The SMILES string of the molecule is CCCCCCCCCCCCCCCCCC/C=C/C(O)C(COC1OC(CO)C(OC2OC(CO)C(OC3OC(CO)C(O)C(O)C3O)C(O)C2O)C(O)C1O)NC(=O)CCCCCCCCCCCCCCCCCCCCCCCCCCCCCCCC. The van der Waals surface area contributed by atoms with Gasteiger partial charge >= 0.3 is 0 Å². The van der Waals surface area contributed by atoms with Crippen LogP contribution in [0.4, 0.5) is 0 Å². The van der Waals surface area contributed by atoms with E-state index in [0.29, 0.717) is 6.42 Å². The number of unbranched alkanes of at least 4 members (excludes halogenated alkanes) is 45. The first-order valence-corrected chi connectivity index (χ1v) is 38.4. The van der Waals surface area contributed by atoms with Crippen molar-refractivity contribution in [2.45, 2.75) is 426 Å². The van der Waals surface area contributed by atoms with E-state index in [1.54, 1.807) is 6.08 Å². The molecule has 3 saturated heterocycles. The average Bonchev–Trinajstić information content (AvgIpc) is 1.00. The van der Waals surface area contributed by atoms with Crippen molar-refractivity contribution < 1.29 is 89.4 Å². The molecule has 0 aromatic carbocycles. The Morgan fingerprint density at radius 3 is 1.01 bits per heavy atom. The van der Waals surface area contributed by atoms with Gasteiger partial charge in [0.1, 0.15) is 73.2 Å². The zero-order chi connectivity index (χ0) is 67.5. The van der Waals surface area contributed by atoms with Gasteiger partial charge in [0.2, 0.25) is 5.91 Å². The van der Waals surface area contributed by atoms with Crippen LogP contribution in [0.5, 0.6) is 0 Å². The first-order chi connectivity index (χ1) is 45.3. The van der Waals surface area contributed by atoms with E-state index in [1.807, 2.05) is 6.08 Å². The molecule has 19 heteroatoms. The number of aliphatic hydroxyl groups excluding tert-OH is 11. The summed E-state index contributed by atoms with van der Waals surface area (Å²) in [5.74, 6) is -0.267. The van der Waals surface area contributed by atoms with Crippen LogP contribution in [-0.4, -0.2) is 193 Å². The van der Waals surface area contributed by atoms with Crippen molar-refractivity contribution in [2.75, 3.05) is 26.4 Å². The van der Waals surface area contributed by atoms with Gasteiger partial charge < -0.3 is 89.9 Å². The number of carbonyl (C=O) groups is 1. The fraction of sp³-hybridized carbons (Fsp3) is 0.959. The van der Waals surface area contributed by atoms with E-state index < -0.39 is 124 Å². The molecule has 3 aliphatic rings. The number of allylic oxidation sites excluding steroid dienone is 1. The molecule has 12 N–H and O–H groups in total. The van der Waals surface area contributed by atoms with E-state index in [1.165, 1.54) is 250 Å².